The number of rotatable bonds is 9. The van der Waals surface area contributed by atoms with E-state index in [9.17, 15) is 9.90 Å². The van der Waals surface area contributed by atoms with Crippen LogP contribution in [-0.2, 0) is 11.3 Å². The van der Waals surface area contributed by atoms with E-state index in [1.807, 2.05) is 11.5 Å². The topological polar surface area (TPSA) is 70.4 Å². The highest BCUT2D eigenvalue weighted by Gasteiger charge is 2.22. The van der Waals surface area contributed by atoms with Crippen molar-refractivity contribution < 1.29 is 9.90 Å². The molecule has 6 heteroatoms. The summed E-state index contributed by atoms with van der Waals surface area (Å²) in [6, 6.07) is -0.696. The molecule has 1 atom stereocenters. The summed E-state index contributed by atoms with van der Waals surface area (Å²) < 4.78 is 1.85. The number of carboxylic acids is 1. The van der Waals surface area contributed by atoms with Gasteiger partial charge in [-0.2, -0.15) is 0 Å². The standard InChI is InChI=1S/C13H24N4O2/c1-4-16(5-2)8-7-15-12(13(18)19)11-9-14-10-17(11)6-3/h9-10,12,15H,4-8H2,1-3H3,(H,18,19). The highest BCUT2D eigenvalue weighted by Crippen LogP contribution is 2.12. The molecule has 0 aliphatic heterocycles. The number of aryl methyl sites for hydroxylation is 1. The van der Waals surface area contributed by atoms with Crippen LogP contribution in [0.1, 0.15) is 32.5 Å². The van der Waals surface area contributed by atoms with Crippen molar-refractivity contribution in [2.24, 2.45) is 0 Å². The average molecular weight is 268 g/mol. The Morgan fingerprint density at radius 3 is 2.68 bits per heavy atom. The first kappa shape index (κ1) is 15.7. The normalized spacial score (nSPS) is 12.8. The van der Waals surface area contributed by atoms with Gasteiger partial charge in [-0.25, -0.2) is 4.98 Å². The zero-order valence-electron chi connectivity index (χ0n) is 12.0. The summed E-state index contributed by atoms with van der Waals surface area (Å²) in [5.74, 6) is -0.866. The third kappa shape index (κ3) is 4.33. The molecule has 0 bridgehead atoms. The number of aliphatic carboxylic acids is 1. The van der Waals surface area contributed by atoms with Crippen LogP contribution in [-0.4, -0.2) is 51.7 Å². The van der Waals surface area contributed by atoms with Crippen molar-refractivity contribution in [3.63, 3.8) is 0 Å². The van der Waals surface area contributed by atoms with Crippen LogP contribution in [0.3, 0.4) is 0 Å². The Hall–Kier alpha value is -1.40. The van der Waals surface area contributed by atoms with Crippen molar-refractivity contribution in [3.05, 3.63) is 18.2 Å². The minimum Gasteiger partial charge on any atom is -0.480 e. The zero-order valence-corrected chi connectivity index (χ0v) is 12.0. The highest BCUT2D eigenvalue weighted by atomic mass is 16.4. The van der Waals surface area contributed by atoms with E-state index in [0.717, 1.165) is 26.2 Å². The van der Waals surface area contributed by atoms with Crippen LogP contribution in [0.5, 0.6) is 0 Å². The maximum absolute atomic E-state index is 11.4. The molecule has 0 aromatic carbocycles. The van der Waals surface area contributed by atoms with Crippen molar-refractivity contribution in [1.29, 1.82) is 0 Å². The predicted molar refractivity (Wildman–Crippen MR) is 74.1 cm³/mol. The SMILES string of the molecule is CCN(CC)CCNC(C(=O)O)c1cncn1CC. The Kier molecular flexibility index (Phi) is 6.52. The Morgan fingerprint density at radius 2 is 2.16 bits per heavy atom. The van der Waals surface area contributed by atoms with Crippen molar-refractivity contribution in [1.82, 2.24) is 19.8 Å². The van der Waals surface area contributed by atoms with Crippen molar-refractivity contribution >= 4 is 5.97 Å². The number of aromatic nitrogens is 2. The molecule has 19 heavy (non-hydrogen) atoms. The summed E-state index contributed by atoms with van der Waals surface area (Å²) in [4.78, 5) is 17.6. The van der Waals surface area contributed by atoms with Gasteiger partial charge in [0, 0.05) is 19.6 Å². The van der Waals surface area contributed by atoms with Gasteiger partial charge in [-0.05, 0) is 20.0 Å². The second-order valence-electron chi connectivity index (χ2n) is 4.36. The van der Waals surface area contributed by atoms with Gasteiger partial charge in [0.2, 0.25) is 0 Å². The number of carboxylic acid groups (broad SMARTS) is 1. The zero-order chi connectivity index (χ0) is 14.3. The smallest absolute Gasteiger partial charge is 0.326 e. The lowest BCUT2D eigenvalue weighted by atomic mass is 10.2. The summed E-state index contributed by atoms with van der Waals surface area (Å²) in [5.41, 5.74) is 0.703. The molecule has 0 aliphatic carbocycles. The maximum atomic E-state index is 11.4. The second-order valence-corrected chi connectivity index (χ2v) is 4.36. The van der Waals surface area contributed by atoms with Crippen molar-refractivity contribution in [2.75, 3.05) is 26.2 Å². The molecular formula is C13H24N4O2. The van der Waals surface area contributed by atoms with Gasteiger partial charge in [-0.15, -0.1) is 0 Å². The fourth-order valence-corrected chi connectivity index (χ4v) is 2.06. The van der Waals surface area contributed by atoms with E-state index in [1.165, 1.54) is 0 Å². The van der Waals surface area contributed by atoms with Gasteiger partial charge >= 0.3 is 5.97 Å². The molecule has 0 spiro atoms. The summed E-state index contributed by atoms with van der Waals surface area (Å²) in [6.07, 6.45) is 3.28. The second kappa shape index (κ2) is 7.91. The van der Waals surface area contributed by atoms with Gasteiger partial charge in [0.05, 0.1) is 18.2 Å². The number of nitrogens with zero attached hydrogens (tertiary/aromatic N) is 3. The Balaban J connectivity index is 2.62. The molecule has 1 rings (SSSR count). The van der Waals surface area contributed by atoms with E-state index in [4.69, 9.17) is 0 Å². The molecule has 108 valence electrons. The van der Waals surface area contributed by atoms with Crippen LogP contribution < -0.4 is 5.32 Å². The minimum absolute atomic E-state index is 0.646. The van der Waals surface area contributed by atoms with Crippen molar-refractivity contribution in [3.8, 4) is 0 Å². The van der Waals surface area contributed by atoms with Crippen LogP contribution in [0.4, 0.5) is 0 Å². The summed E-state index contributed by atoms with van der Waals surface area (Å²) in [6.45, 7) is 10.3. The largest absolute Gasteiger partial charge is 0.480 e. The van der Waals surface area contributed by atoms with E-state index in [0.29, 0.717) is 12.2 Å². The number of hydrogen-bond acceptors (Lipinski definition) is 4. The van der Waals surface area contributed by atoms with E-state index in [1.54, 1.807) is 12.5 Å². The predicted octanol–water partition coefficient (Wildman–Crippen LogP) is 0.960. The molecular weight excluding hydrogens is 244 g/mol. The molecule has 6 nitrogen and oxygen atoms in total. The van der Waals surface area contributed by atoms with Gasteiger partial charge in [-0.1, -0.05) is 13.8 Å². The summed E-state index contributed by atoms with van der Waals surface area (Å²) >= 11 is 0. The van der Waals surface area contributed by atoms with Crippen LogP contribution >= 0.6 is 0 Å². The first-order valence-electron chi connectivity index (χ1n) is 6.82. The van der Waals surface area contributed by atoms with Crippen LogP contribution in [0.2, 0.25) is 0 Å². The number of likely N-dealkylation sites (N-methyl/N-ethyl adjacent to an activating group) is 1. The lowest BCUT2D eigenvalue weighted by molar-refractivity contribution is -0.139. The maximum Gasteiger partial charge on any atom is 0.326 e. The summed E-state index contributed by atoms with van der Waals surface area (Å²) in [5, 5.41) is 12.4. The van der Waals surface area contributed by atoms with E-state index in [-0.39, 0.29) is 0 Å². The van der Waals surface area contributed by atoms with Crippen LogP contribution in [0.15, 0.2) is 12.5 Å². The number of imidazole rings is 1. The molecule has 1 heterocycles. The van der Waals surface area contributed by atoms with Gasteiger partial charge in [0.15, 0.2) is 0 Å². The van der Waals surface area contributed by atoms with Gasteiger partial charge in [-0.3, -0.25) is 10.1 Å². The molecule has 0 fully saturated rings. The lowest BCUT2D eigenvalue weighted by Crippen LogP contribution is -2.37. The molecule has 1 aromatic heterocycles. The Labute approximate surface area is 114 Å². The monoisotopic (exact) mass is 268 g/mol. The molecule has 2 N–H and O–H groups in total. The quantitative estimate of drug-likeness (QED) is 0.698. The average Bonchev–Trinajstić information content (AvgIpc) is 2.86. The molecule has 1 aromatic rings. The van der Waals surface area contributed by atoms with E-state index < -0.39 is 12.0 Å². The molecule has 0 saturated heterocycles. The molecule has 0 aliphatic rings. The van der Waals surface area contributed by atoms with Crippen LogP contribution in [0.25, 0.3) is 0 Å². The van der Waals surface area contributed by atoms with Crippen molar-refractivity contribution in [2.45, 2.75) is 33.4 Å². The van der Waals surface area contributed by atoms with E-state index in [2.05, 4.69) is 29.0 Å². The third-order valence-corrected chi connectivity index (χ3v) is 3.30. The number of hydrogen-bond donors (Lipinski definition) is 2. The lowest BCUT2D eigenvalue weighted by Gasteiger charge is -2.21. The fourth-order valence-electron chi connectivity index (χ4n) is 2.06. The van der Waals surface area contributed by atoms with Crippen LogP contribution in [0, 0.1) is 0 Å². The third-order valence-electron chi connectivity index (χ3n) is 3.30. The summed E-state index contributed by atoms with van der Waals surface area (Å²) in [7, 11) is 0. The molecule has 0 radical (unpaired) electrons. The van der Waals surface area contributed by atoms with E-state index >= 15 is 0 Å². The Morgan fingerprint density at radius 1 is 1.47 bits per heavy atom. The Bertz CT molecular complexity index is 388. The first-order chi connectivity index (χ1) is 9.13. The van der Waals surface area contributed by atoms with Gasteiger partial charge in [0.25, 0.3) is 0 Å². The number of carbonyl (C=O) groups is 1. The molecule has 0 saturated carbocycles. The van der Waals surface area contributed by atoms with Gasteiger partial charge in [0.1, 0.15) is 6.04 Å². The van der Waals surface area contributed by atoms with Gasteiger partial charge < -0.3 is 14.6 Å². The fraction of sp³-hybridized carbons (Fsp3) is 0.692. The first-order valence-corrected chi connectivity index (χ1v) is 6.82. The molecule has 1 unspecified atom stereocenters. The molecule has 0 amide bonds. The number of nitrogens with one attached hydrogen (secondary N) is 1. The minimum atomic E-state index is -0.866. The highest BCUT2D eigenvalue weighted by molar-refractivity contribution is 5.74.